The summed E-state index contributed by atoms with van der Waals surface area (Å²) in [6, 6.07) is 4.34. The van der Waals surface area contributed by atoms with E-state index in [2.05, 4.69) is 55.8 Å². The van der Waals surface area contributed by atoms with Crippen LogP contribution >= 0.6 is 15.9 Å². The molecule has 2 rings (SSSR count). The van der Waals surface area contributed by atoms with Crippen molar-refractivity contribution in [3.05, 3.63) is 39.0 Å². The Morgan fingerprint density at radius 2 is 1.81 bits per heavy atom. The number of rotatable bonds is 1. The molecule has 0 aliphatic carbocycles. The molecule has 1 heterocycles. The van der Waals surface area contributed by atoms with Crippen molar-refractivity contribution in [2.24, 2.45) is 0 Å². The van der Waals surface area contributed by atoms with E-state index in [-0.39, 0.29) is 0 Å². The molecule has 0 N–H and O–H groups in total. The molecule has 0 fully saturated rings. The van der Waals surface area contributed by atoms with Gasteiger partial charge >= 0.3 is 0 Å². The van der Waals surface area contributed by atoms with E-state index in [1.165, 1.54) is 27.8 Å². The van der Waals surface area contributed by atoms with Crippen LogP contribution < -0.4 is 0 Å². The molecule has 0 spiro atoms. The molecule has 0 amide bonds. The fourth-order valence-electron chi connectivity index (χ4n) is 2.06. The van der Waals surface area contributed by atoms with Gasteiger partial charge in [0.15, 0.2) is 0 Å². The predicted octanol–water partition coefficient (Wildman–Crippen LogP) is 4.48. The summed E-state index contributed by atoms with van der Waals surface area (Å²) in [6.45, 7) is 8.62. The van der Waals surface area contributed by atoms with Gasteiger partial charge < -0.3 is 0 Å². The Morgan fingerprint density at radius 1 is 1.12 bits per heavy atom. The summed E-state index contributed by atoms with van der Waals surface area (Å²) in [5.74, 6) is 0. The Morgan fingerprint density at radius 3 is 2.44 bits per heavy atom. The first-order chi connectivity index (χ1) is 7.54. The number of benzene rings is 1. The summed E-state index contributed by atoms with van der Waals surface area (Å²) < 4.78 is 1.14. The molecule has 0 aliphatic heterocycles. The summed E-state index contributed by atoms with van der Waals surface area (Å²) >= 11 is 3.57. The maximum absolute atomic E-state index is 4.73. The van der Waals surface area contributed by atoms with Crippen molar-refractivity contribution in [1.82, 2.24) is 4.98 Å². The van der Waals surface area contributed by atoms with E-state index in [0.29, 0.717) is 0 Å². The minimum atomic E-state index is 0.994. The average molecular weight is 278 g/mol. The summed E-state index contributed by atoms with van der Waals surface area (Å²) in [6.07, 6.45) is 0.994. The smallest absolute Gasteiger partial charge is 0.0719 e. The van der Waals surface area contributed by atoms with Crippen molar-refractivity contribution in [2.75, 3.05) is 0 Å². The Hall–Kier alpha value is -0.890. The highest BCUT2D eigenvalue weighted by Crippen LogP contribution is 2.27. The monoisotopic (exact) mass is 277 g/mol. The minimum Gasteiger partial charge on any atom is -0.253 e. The normalized spacial score (nSPS) is 11.1. The van der Waals surface area contributed by atoms with Crippen LogP contribution in [0.2, 0.25) is 0 Å². The number of aromatic nitrogens is 1. The van der Waals surface area contributed by atoms with Crippen molar-refractivity contribution in [1.29, 1.82) is 0 Å². The Balaban J connectivity index is 2.87. The second kappa shape index (κ2) is 4.17. The lowest BCUT2D eigenvalue weighted by atomic mass is 10.0. The van der Waals surface area contributed by atoms with Crippen molar-refractivity contribution in [2.45, 2.75) is 34.1 Å². The van der Waals surface area contributed by atoms with Gasteiger partial charge in [0.1, 0.15) is 0 Å². The topological polar surface area (TPSA) is 12.9 Å². The Bertz CT molecular complexity index is 558. The van der Waals surface area contributed by atoms with Crippen molar-refractivity contribution >= 4 is 26.8 Å². The molecule has 0 aliphatic rings. The van der Waals surface area contributed by atoms with Gasteiger partial charge in [0.05, 0.1) is 5.52 Å². The molecule has 84 valence electrons. The molecule has 0 saturated carbocycles. The van der Waals surface area contributed by atoms with Crippen molar-refractivity contribution in [3.8, 4) is 0 Å². The summed E-state index contributed by atoms with van der Waals surface area (Å²) in [4.78, 5) is 4.73. The molecular weight excluding hydrogens is 262 g/mol. The highest BCUT2D eigenvalue weighted by molar-refractivity contribution is 9.10. The molecule has 2 aromatic rings. The fraction of sp³-hybridized carbons (Fsp3) is 0.357. The van der Waals surface area contributed by atoms with Crippen LogP contribution in [0.3, 0.4) is 0 Å². The maximum Gasteiger partial charge on any atom is 0.0719 e. The third kappa shape index (κ3) is 1.75. The third-order valence-electron chi connectivity index (χ3n) is 3.27. The molecule has 16 heavy (non-hydrogen) atoms. The molecule has 0 atom stereocenters. The number of hydrogen-bond donors (Lipinski definition) is 0. The lowest BCUT2D eigenvalue weighted by Crippen LogP contribution is -1.97. The maximum atomic E-state index is 4.73. The highest BCUT2D eigenvalue weighted by atomic mass is 79.9. The van der Waals surface area contributed by atoms with Crippen LogP contribution in [0.4, 0.5) is 0 Å². The third-order valence-corrected chi connectivity index (χ3v) is 4.12. The lowest BCUT2D eigenvalue weighted by Gasteiger charge is -2.11. The van der Waals surface area contributed by atoms with E-state index < -0.39 is 0 Å². The van der Waals surface area contributed by atoms with Crippen LogP contribution in [-0.2, 0) is 6.42 Å². The zero-order valence-electron chi connectivity index (χ0n) is 10.2. The summed E-state index contributed by atoms with van der Waals surface area (Å²) in [5, 5.41) is 1.27. The fourth-order valence-corrected chi connectivity index (χ4v) is 2.39. The number of pyridine rings is 1. The zero-order chi connectivity index (χ0) is 11.9. The van der Waals surface area contributed by atoms with Gasteiger partial charge in [-0.15, -0.1) is 0 Å². The number of nitrogens with zero attached hydrogens (tertiary/aromatic N) is 1. The second-order valence-corrected chi connectivity index (χ2v) is 5.13. The number of fused-ring (bicyclic) bond motifs is 1. The number of hydrogen-bond acceptors (Lipinski definition) is 1. The van der Waals surface area contributed by atoms with E-state index >= 15 is 0 Å². The Kier molecular flexibility index (Phi) is 3.02. The van der Waals surface area contributed by atoms with E-state index in [1.54, 1.807) is 0 Å². The van der Waals surface area contributed by atoms with E-state index in [1.807, 2.05) is 0 Å². The van der Waals surface area contributed by atoms with Crippen LogP contribution in [0.25, 0.3) is 10.9 Å². The van der Waals surface area contributed by atoms with Gasteiger partial charge in [0.2, 0.25) is 0 Å². The van der Waals surface area contributed by atoms with Gasteiger partial charge in [0, 0.05) is 15.6 Å². The molecule has 2 heteroatoms. The van der Waals surface area contributed by atoms with Gasteiger partial charge in [-0.1, -0.05) is 22.9 Å². The van der Waals surface area contributed by atoms with Crippen LogP contribution in [0, 0.1) is 20.8 Å². The Labute approximate surface area is 105 Å². The van der Waals surface area contributed by atoms with Crippen molar-refractivity contribution < 1.29 is 0 Å². The van der Waals surface area contributed by atoms with Gasteiger partial charge in [-0.2, -0.15) is 0 Å². The SMILES string of the molecule is CCc1nc2cc(Br)c(C)cc2c(C)c1C. The first-order valence-electron chi connectivity index (χ1n) is 5.60. The molecule has 0 bridgehead atoms. The molecule has 1 aromatic carbocycles. The zero-order valence-corrected chi connectivity index (χ0v) is 11.8. The molecule has 1 aromatic heterocycles. The predicted molar refractivity (Wildman–Crippen MR) is 73.0 cm³/mol. The van der Waals surface area contributed by atoms with Gasteiger partial charge in [-0.05, 0) is 56.0 Å². The van der Waals surface area contributed by atoms with Gasteiger partial charge in [-0.3, -0.25) is 4.98 Å². The standard InChI is InChI=1S/C14H16BrN/c1-5-13-10(4)9(3)11-6-8(2)12(15)7-14(11)16-13/h6-7H,5H2,1-4H3. The van der Waals surface area contributed by atoms with Crippen LogP contribution in [0.1, 0.15) is 29.3 Å². The van der Waals surface area contributed by atoms with Crippen LogP contribution in [0.5, 0.6) is 0 Å². The summed E-state index contributed by atoms with van der Waals surface area (Å²) in [5.41, 5.74) is 6.26. The minimum absolute atomic E-state index is 0.994. The quantitative estimate of drug-likeness (QED) is 0.749. The first kappa shape index (κ1) is 11.6. The number of aryl methyl sites for hydroxylation is 3. The first-order valence-corrected chi connectivity index (χ1v) is 6.39. The lowest BCUT2D eigenvalue weighted by molar-refractivity contribution is 1.02. The van der Waals surface area contributed by atoms with Crippen LogP contribution in [-0.4, -0.2) is 4.98 Å². The molecule has 0 radical (unpaired) electrons. The summed E-state index contributed by atoms with van der Waals surface area (Å²) in [7, 11) is 0. The molecule has 1 nitrogen and oxygen atoms in total. The van der Waals surface area contributed by atoms with E-state index in [4.69, 9.17) is 4.98 Å². The van der Waals surface area contributed by atoms with Crippen LogP contribution in [0.15, 0.2) is 16.6 Å². The largest absolute Gasteiger partial charge is 0.253 e. The highest BCUT2D eigenvalue weighted by Gasteiger charge is 2.08. The van der Waals surface area contributed by atoms with E-state index in [0.717, 1.165) is 16.4 Å². The number of halogens is 1. The molecule has 0 unspecified atom stereocenters. The van der Waals surface area contributed by atoms with Gasteiger partial charge in [-0.25, -0.2) is 0 Å². The van der Waals surface area contributed by atoms with E-state index in [9.17, 15) is 0 Å². The average Bonchev–Trinajstić information content (AvgIpc) is 2.26. The van der Waals surface area contributed by atoms with Gasteiger partial charge in [0.25, 0.3) is 0 Å². The molecule has 0 saturated heterocycles. The molecular formula is C14H16BrN. The van der Waals surface area contributed by atoms with Crippen molar-refractivity contribution in [3.63, 3.8) is 0 Å². The second-order valence-electron chi connectivity index (χ2n) is 4.28.